The zero-order chi connectivity index (χ0) is 15.6. The Kier molecular flexibility index (Phi) is 3.78. The van der Waals surface area contributed by atoms with E-state index in [1.807, 2.05) is 10.7 Å². The minimum absolute atomic E-state index is 0.0441. The van der Waals surface area contributed by atoms with Crippen LogP contribution in [-0.4, -0.2) is 49.8 Å². The lowest BCUT2D eigenvalue weighted by Crippen LogP contribution is -2.38. The number of carbonyl (C=O) groups is 1. The van der Waals surface area contributed by atoms with Crippen LogP contribution in [0.4, 0.5) is 0 Å². The molecule has 1 amide bonds. The number of aromatic nitrogens is 4. The summed E-state index contributed by atoms with van der Waals surface area (Å²) >= 11 is 0. The molecule has 0 bridgehead atoms. The maximum Gasteiger partial charge on any atom is 0.274 e. The Bertz CT molecular complexity index is 683. The molecule has 7 heteroatoms. The second kappa shape index (κ2) is 6.08. The predicted octanol–water partition coefficient (Wildman–Crippen LogP) is 1.12. The minimum Gasteiger partial charge on any atom is -0.374 e. The van der Waals surface area contributed by atoms with E-state index >= 15 is 0 Å². The molecule has 1 aliphatic heterocycles. The second-order valence-electron chi connectivity index (χ2n) is 6.18. The van der Waals surface area contributed by atoms with Crippen LogP contribution < -0.4 is 0 Å². The van der Waals surface area contributed by atoms with Crippen LogP contribution >= 0.6 is 0 Å². The van der Waals surface area contributed by atoms with Crippen molar-refractivity contribution in [2.45, 2.75) is 32.0 Å². The molecule has 23 heavy (non-hydrogen) atoms. The fourth-order valence-corrected chi connectivity index (χ4v) is 2.80. The van der Waals surface area contributed by atoms with Gasteiger partial charge in [0.1, 0.15) is 5.69 Å². The van der Waals surface area contributed by atoms with Crippen molar-refractivity contribution in [2.24, 2.45) is 5.92 Å². The number of hydrogen-bond donors (Lipinski definition) is 0. The number of ether oxygens (including phenoxy) is 1. The van der Waals surface area contributed by atoms with E-state index in [0.717, 1.165) is 12.3 Å². The van der Waals surface area contributed by atoms with Crippen molar-refractivity contribution < 1.29 is 9.53 Å². The van der Waals surface area contributed by atoms with E-state index in [0.29, 0.717) is 31.2 Å². The molecule has 0 radical (unpaired) electrons. The molecule has 1 saturated carbocycles. The maximum atomic E-state index is 12.7. The summed E-state index contributed by atoms with van der Waals surface area (Å²) in [6, 6.07) is 1.94. The number of rotatable bonds is 4. The molecule has 0 saturated heterocycles. The molecular formula is C16H19N5O2. The van der Waals surface area contributed by atoms with Crippen LogP contribution in [0.5, 0.6) is 0 Å². The number of hydrogen-bond acceptors (Lipinski definition) is 5. The summed E-state index contributed by atoms with van der Waals surface area (Å²) in [5.74, 6) is 0.576. The van der Waals surface area contributed by atoms with Gasteiger partial charge in [-0.2, -0.15) is 5.10 Å². The first kappa shape index (κ1) is 14.3. The van der Waals surface area contributed by atoms with Crippen molar-refractivity contribution in [3.05, 3.63) is 42.2 Å². The van der Waals surface area contributed by atoms with Crippen LogP contribution in [0, 0.1) is 5.92 Å². The van der Waals surface area contributed by atoms with E-state index in [1.165, 1.54) is 25.2 Å². The lowest BCUT2D eigenvalue weighted by molar-refractivity contribution is 0.0135. The van der Waals surface area contributed by atoms with E-state index in [9.17, 15) is 4.79 Å². The van der Waals surface area contributed by atoms with E-state index in [1.54, 1.807) is 17.3 Å². The Balaban J connectivity index is 1.54. The first-order valence-corrected chi connectivity index (χ1v) is 7.97. The molecule has 0 aromatic carbocycles. The molecule has 2 aromatic heterocycles. The van der Waals surface area contributed by atoms with Gasteiger partial charge in [0.25, 0.3) is 5.91 Å². The van der Waals surface area contributed by atoms with E-state index in [-0.39, 0.29) is 12.0 Å². The third-order valence-corrected chi connectivity index (χ3v) is 4.29. The highest BCUT2D eigenvalue weighted by molar-refractivity contribution is 5.91. The highest BCUT2D eigenvalue weighted by Gasteiger charge is 2.29. The number of fused-ring (bicyclic) bond motifs is 1. The van der Waals surface area contributed by atoms with Gasteiger partial charge in [0.15, 0.2) is 0 Å². The van der Waals surface area contributed by atoms with Crippen molar-refractivity contribution in [2.75, 3.05) is 13.2 Å². The van der Waals surface area contributed by atoms with Gasteiger partial charge in [-0.3, -0.25) is 14.5 Å². The Morgan fingerprint density at radius 2 is 2.17 bits per heavy atom. The molecule has 2 aromatic rings. The van der Waals surface area contributed by atoms with Crippen LogP contribution in [0.2, 0.25) is 0 Å². The average molecular weight is 313 g/mol. The molecule has 0 N–H and O–H groups in total. The third-order valence-electron chi connectivity index (χ3n) is 4.29. The van der Waals surface area contributed by atoms with Crippen LogP contribution in [0.1, 0.15) is 29.0 Å². The largest absolute Gasteiger partial charge is 0.374 e. The normalized spacial score (nSPS) is 20.9. The van der Waals surface area contributed by atoms with Gasteiger partial charge in [0.2, 0.25) is 0 Å². The van der Waals surface area contributed by atoms with E-state index in [2.05, 4.69) is 15.1 Å². The maximum absolute atomic E-state index is 12.7. The third kappa shape index (κ3) is 3.24. The molecule has 3 heterocycles. The fourth-order valence-electron chi connectivity index (χ4n) is 2.80. The highest BCUT2D eigenvalue weighted by atomic mass is 16.5. The van der Waals surface area contributed by atoms with Gasteiger partial charge in [0, 0.05) is 31.7 Å². The molecule has 1 fully saturated rings. The van der Waals surface area contributed by atoms with Crippen molar-refractivity contribution in [1.29, 1.82) is 0 Å². The average Bonchev–Trinajstić information content (AvgIpc) is 3.35. The number of nitrogens with zero attached hydrogens (tertiary/aromatic N) is 5. The highest BCUT2D eigenvalue weighted by Crippen LogP contribution is 2.29. The second-order valence-corrected chi connectivity index (χ2v) is 6.18. The molecule has 1 atom stereocenters. The Morgan fingerprint density at radius 1 is 1.26 bits per heavy atom. The van der Waals surface area contributed by atoms with Gasteiger partial charge in [-0.25, -0.2) is 4.98 Å². The summed E-state index contributed by atoms with van der Waals surface area (Å²) in [6.45, 7) is 2.51. The van der Waals surface area contributed by atoms with Gasteiger partial charge in [-0.15, -0.1) is 0 Å². The molecule has 1 aliphatic carbocycles. The molecule has 0 unspecified atom stereocenters. The van der Waals surface area contributed by atoms with Gasteiger partial charge in [-0.1, -0.05) is 0 Å². The van der Waals surface area contributed by atoms with Crippen LogP contribution in [0.15, 0.2) is 30.9 Å². The van der Waals surface area contributed by atoms with Crippen molar-refractivity contribution in [3.63, 3.8) is 0 Å². The summed E-state index contributed by atoms with van der Waals surface area (Å²) in [7, 11) is 0. The first-order valence-electron chi connectivity index (χ1n) is 7.97. The summed E-state index contributed by atoms with van der Waals surface area (Å²) in [5, 5.41) is 4.35. The monoisotopic (exact) mass is 313 g/mol. The molecule has 120 valence electrons. The van der Waals surface area contributed by atoms with Crippen molar-refractivity contribution >= 4 is 5.91 Å². The molecule has 2 aliphatic rings. The zero-order valence-electron chi connectivity index (χ0n) is 12.8. The Hall–Kier alpha value is -2.28. The van der Waals surface area contributed by atoms with Crippen LogP contribution in [-0.2, 0) is 17.8 Å². The molecule has 7 nitrogen and oxygen atoms in total. The minimum atomic E-state index is -0.118. The Labute approximate surface area is 134 Å². The first-order chi connectivity index (χ1) is 11.3. The lowest BCUT2D eigenvalue weighted by Gasteiger charge is -2.24. The lowest BCUT2D eigenvalue weighted by atomic mass is 10.3. The van der Waals surface area contributed by atoms with Crippen molar-refractivity contribution in [1.82, 2.24) is 24.6 Å². The molecular weight excluding hydrogens is 294 g/mol. The predicted molar refractivity (Wildman–Crippen MR) is 81.5 cm³/mol. The molecule has 4 rings (SSSR count). The summed E-state index contributed by atoms with van der Waals surface area (Å²) in [4.78, 5) is 22.6. The van der Waals surface area contributed by atoms with Crippen molar-refractivity contribution in [3.8, 4) is 0 Å². The SMILES string of the molecule is O=C(c1cnccn1)N1Cc2ccnn2C[C@@H](OCC2CC2)C1. The molecule has 0 spiro atoms. The Morgan fingerprint density at radius 3 is 2.96 bits per heavy atom. The van der Waals surface area contributed by atoms with Gasteiger partial charge >= 0.3 is 0 Å². The van der Waals surface area contributed by atoms with Gasteiger partial charge < -0.3 is 9.64 Å². The quantitative estimate of drug-likeness (QED) is 0.846. The number of amides is 1. The smallest absolute Gasteiger partial charge is 0.274 e. The van der Waals surface area contributed by atoms with Crippen LogP contribution in [0.3, 0.4) is 0 Å². The van der Waals surface area contributed by atoms with Crippen LogP contribution in [0.25, 0.3) is 0 Å². The topological polar surface area (TPSA) is 73.1 Å². The summed E-state index contributed by atoms with van der Waals surface area (Å²) in [6.07, 6.45) is 8.84. The summed E-state index contributed by atoms with van der Waals surface area (Å²) in [5.41, 5.74) is 1.38. The van der Waals surface area contributed by atoms with E-state index < -0.39 is 0 Å². The number of carbonyl (C=O) groups excluding carboxylic acids is 1. The van der Waals surface area contributed by atoms with Gasteiger partial charge in [0.05, 0.1) is 31.1 Å². The van der Waals surface area contributed by atoms with E-state index in [4.69, 9.17) is 4.74 Å². The fraction of sp³-hybridized carbons (Fsp3) is 0.500. The standard InChI is InChI=1S/C16H19N5O2/c22-16(15-7-17-5-6-18-15)20-8-13-3-4-19-21(13)10-14(9-20)23-11-12-1-2-12/h3-7,12,14H,1-2,8-11H2/t14-/m0/s1. The van der Waals surface area contributed by atoms with Gasteiger partial charge in [-0.05, 0) is 24.8 Å². The zero-order valence-corrected chi connectivity index (χ0v) is 12.8. The summed E-state index contributed by atoms with van der Waals surface area (Å²) < 4.78 is 7.97.